The summed E-state index contributed by atoms with van der Waals surface area (Å²) in [6.07, 6.45) is -0.0859. The molecule has 1 atom stereocenters. The Morgan fingerprint density at radius 2 is 2.31 bits per heavy atom. The molecule has 0 aliphatic carbocycles. The molecular formula is C8H10O5. The number of aliphatic hydroxyl groups excluding tert-OH is 2. The van der Waals surface area contributed by atoms with Gasteiger partial charge in [-0.1, -0.05) is 5.73 Å². The van der Waals surface area contributed by atoms with Crippen LogP contribution in [0.2, 0.25) is 0 Å². The number of hydrogen-bond acceptors (Lipinski definition) is 5. The number of rotatable bonds is 4. The van der Waals surface area contributed by atoms with Gasteiger partial charge in [0.1, 0.15) is 6.10 Å². The lowest BCUT2D eigenvalue weighted by Gasteiger charge is -1.97. The van der Waals surface area contributed by atoms with Crippen LogP contribution in [0.4, 0.5) is 0 Å². The molecule has 0 bridgehead atoms. The zero-order chi connectivity index (χ0) is 10.3. The molecule has 0 fully saturated rings. The summed E-state index contributed by atoms with van der Waals surface area (Å²) in [4.78, 5) is 20.1. The molecule has 0 aliphatic heterocycles. The van der Waals surface area contributed by atoms with Gasteiger partial charge in [0.05, 0.1) is 0 Å². The molecule has 2 N–H and O–H groups in total. The fourth-order valence-electron chi connectivity index (χ4n) is 0.433. The SMILES string of the molecule is CC(=O)OCC(O)=C=CC(O)C=O. The molecular weight excluding hydrogens is 176 g/mol. The summed E-state index contributed by atoms with van der Waals surface area (Å²) in [5, 5.41) is 17.6. The summed E-state index contributed by atoms with van der Waals surface area (Å²) in [6.45, 7) is 0.870. The van der Waals surface area contributed by atoms with E-state index >= 15 is 0 Å². The van der Waals surface area contributed by atoms with Gasteiger partial charge < -0.3 is 19.7 Å². The molecule has 0 amide bonds. The topological polar surface area (TPSA) is 83.8 Å². The van der Waals surface area contributed by atoms with E-state index < -0.39 is 12.1 Å². The van der Waals surface area contributed by atoms with E-state index in [4.69, 9.17) is 10.2 Å². The number of aldehydes is 1. The maximum Gasteiger partial charge on any atom is 0.303 e. The normalized spacial score (nSPS) is 10.9. The first kappa shape index (κ1) is 11.4. The van der Waals surface area contributed by atoms with Crippen LogP contribution in [0.25, 0.3) is 0 Å². The van der Waals surface area contributed by atoms with Crippen LogP contribution in [0.5, 0.6) is 0 Å². The quantitative estimate of drug-likeness (QED) is 0.273. The Hall–Kier alpha value is -1.58. The highest BCUT2D eigenvalue weighted by molar-refractivity contribution is 5.66. The van der Waals surface area contributed by atoms with Crippen molar-refractivity contribution in [3.63, 3.8) is 0 Å². The van der Waals surface area contributed by atoms with E-state index in [9.17, 15) is 9.59 Å². The molecule has 1 unspecified atom stereocenters. The van der Waals surface area contributed by atoms with Crippen molar-refractivity contribution in [2.75, 3.05) is 6.61 Å². The van der Waals surface area contributed by atoms with Crippen LogP contribution >= 0.6 is 0 Å². The number of carbonyl (C=O) groups is 2. The van der Waals surface area contributed by atoms with Crippen LogP contribution in [0.1, 0.15) is 6.92 Å². The van der Waals surface area contributed by atoms with Gasteiger partial charge in [-0.05, 0) is 6.08 Å². The van der Waals surface area contributed by atoms with Crippen LogP contribution in [0.15, 0.2) is 17.6 Å². The smallest absolute Gasteiger partial charge is 0.303 e. The molecule has 72 valence electrons. The minimum atomic E-state index is -1.31. The maximum atomic E-state index is 10.3. The highest BCUT2D eigenvalue weighted by Crippen LogP contribution is 1.88. The van der Waals surface area contributed by atoms with Gasteiger partial charge in [-0.15, -0.1) is 0 Å². The first-order valence-electron chi connectivity index (χ1n) is 3.47. The van der Waals surface area contributed by atoms with E-state index in [1.165, 1.54) is 6.92 Å². The highest BCUT2D eigenvalue weighted by Gasteiger charge is 1.96. The highest BCUT2D eigenvalue weighted by atomic mass is 16.5. The summed E-state index contributed by atoms with van der Waals surface area (Å²) in [5.41, 5.74) is 2.18. The van der Waals surface area contributed by atoms with E-state index in [2.05, 4.69) is 10.5 Å². The molecule has 0 aromatic carbocycles. The van der Waals surface area contributed by atoms with Crippen LogP contribution in [-0.4, -0.2) is 35.2 Å². The van der Waals surface area contributed by atoms with Gasteiger partial charge in [0, 0.05) is 6.92 Å². The van der Waals surface area contributed by atoms with Gasteiger partial charge >= 0.3 is 5.97 Å². The number of carbonyl (C=O) groups excluding carboxylic acids is 2. The third-order valence-electron chi connectivity index (χ3n) is 0.972. The Morgan fingerprint density at radius 1 is 1.69 bits per heavy atom. The maximum absolute atomic E-state index is 10.3. The van der Waals surface area contributed by atoms with Crippen molar-refractivity contribution in [3.8, 4) is 0 Å². The largest absolute Gasteiger partial charge is 0.502 e. The fourth-order valence-corrected chi connectivity index (χ4v) is 0.433. The van der Waals surface area contributed by atoms with Crippen LogP contribution in [0, 0.1) is 0 Å². The van der Waals surface area contributed by atoms with Crippen molar-refractivity contribution in [3.05, 3.63) is 17.6 Å². The predicted octanol–water partition coefficient (Wildman–Crippen LogP) is -0.294. The Bertz CT molecular complexity index is 249. The Kier molecular flexibility index (Phi) is 5.27. The van der Waals surface area contributed by atoms with Crippen molar-refractivity contribution < 1.29 is 24.5 Å². The molecule has 0 aromatic rings. The average Bonchev–Trinajstić information content (AvgIpc) is 2.10. The second-order valence-corrected chi connectivity index (χ2v) is 2.16. The standard InChI is InChI=1S/C8H10O5/c1-6(10)13-5-8(12)3-2-7(11)4-9/h2,4,7,11-12H,5H2,1H3. The average molecular weight is 186 g/mol. The molecule has 0 radical (unpaired) electrons. The van der Waals surface area contributed by atoms with Gasteiger partial charge in [0.25, 0.3) is 0 Å². The van der Waals surface area contributed by atoms with E-state index in [0.717, 1.165) is 6.08 Å². The molecule has 5 nitrogen and oxygen atoms in total. The summed E-state index contributed by atoms with van der Waals surface area (Å²) < 4.78 is 4.39. The van der Waals surface area contributed by atoms with Gasteiger partial charge in [-0.3, -0.25) is 4.79 Å². The third-order valence-corrected chi connectivity index (χ3v) is 0.972. The number of esters is 1. The zero-order valence-electron chi connectivity index (χ0n) is 7.06. The Morgan fingerprint density at radius 3 is 2.77 bits per heavy atom. The first-order valence-corrected chi connectivity index (χ1v) is 3.47. The number of aliphatic hydroxyl groups is 2. The lowest BCUT2D eigenvalue weighted by atomic mass is 10.3. The van der Waals surface area contributed by atoms with Crippen molar-refractivity contribution in [2.45, 2.75) is 13.0 Å². The van der Waals surface area contributed by atoms with Crippen LogP contribution in [0.3, 0.4) is 0 Å². The van der Waals surface area contributed by atoms with E-state index in [1.54, 1.807) is 0 Å². The van der Waals surface area contributed by atoms with Gasteiger partial charge in [-0.25, -0.2) is 0 Å². The molecule has 0 rings (SSSR count). The second-order valence-electron chi connectivity index (χ2n) is 2.16. The molecule has 13 heavy (non-hydrogen) atoms. The Balaban J connectivity index is 4.07. The van der Waals surface area contributed by atoms with E-state index in [-0.39, 0.29) is 18.7 Å². The van der Waals surface area contributed by atoms with Crippen molar-refractivity contribution >= 4 is 12.3 Å². The minimum Gasteiger partial charge on any atom is -0.502 e. The second kappa shape index (κ2) is 5.99. The van der Waals surface area contributed by atoms with Crippen LogP contribution < -0.4 is 0 Å². The van der Waals surface area contributed by atoms with E-state index in [0.29, 0.717) is 0 Å². The van der Waals surface area contributed by atoms with Gasteiger partial charge in [0.2, 0.25) is 0 Å². The molecule has 0 saturated carbocycles. The molecule has 0 aromatic heterocycles. The zero-order valence-corrected chi connectivity index (χ0v) is 7.06. The van der Waals surface area contributed by atoms with E-state index in [1.807, 2.05) is 0 Å². The molecule has 0 spiro atoms. The third kappa shape index (κ3) is 6.80. The molecule has 0 heterocycles. The fraction of sp³-hybridized carbons (Fsp3) is 0.375. The summed E-state index contributed by atoms with van der Waals surface area (Å²) in [7, 11) is 0. The summed E-state index contributed by atoms with van der Waals surface area (Å²) in [5.74, 6) is -0.902. The summed E-state index contributed by atoms with van der Waals surface area (Å²) in [6, 6.07) is 0. The van der Waals surface area contributed by atoms with Crippen molar-refractivity contribution in [1.29, 1.82) is 0 Å². The lowest BCUT2D eigenvalue weighted by molar-refractivity contribution is -0.140. The predicted molar refractivity (Wildman–Crippen MR) is 42.9 cm³/mol. The van der Waals surface area contributed by atoms with Crippen molar-refractivity contribution in [1.82, 2.24) is 0 Å². The van der Waals surface area contributed by atoms with Gasteiger partial charge in [0.15, 0.2) is 18.7 Å². The minimum absolute atomic E-state index is 0.270. The summed E-state index contributed by atoms with van der Waals surface area (Å²) >= 11 is 0. The Labute approximate surface area is 74.9 Å². The monoisotopic (exact) mass is 186 g/mol. The molecule has 0 saturated heterocycles. The first-order chi connectivity index (χ1) is 6.06. The lowest BCUT2D eigenvalue weighted by Crippen LogP contribution is -2.04. The number of ether oxygens (including phenoxy) is 1. The van der Waals surface area contributed by atoms with Gasteiger partial charge in [-0.2, -0.15) is 0 Å². The molecule has 0 aliphatic rings. The van der Waals surface area contributed by atoms with Crippen LogP contribution in [-0.2, 0) is 14.3 Å². The number of hydrogen-bond donors (Lipinski definition) is 2. The van der Waals surface area contributed by atoms with Crippen molar-refractivity contribution in [2.24, 2.45) is 0 Å². The molecule has 5 heteroatoms.